The van der Waals surface area contributed by atoms with Crippen LogP contribution in [0.4, 0.5) is 0 Å². The van der Waals surface area contributed by atoms with Gasteiger partial charge in [-0.2, -0.15) is 0 Å². The van der Waals surface area contributed by atoms with E-state index in [-0.39, 0.29) is 0 Å². The largest absolute Gasteiger partial charge is 0.481 e. The monoisotopic (exact) mass is 220 g/mol. The average molecular weight is 220 g/mol. The molecule has 0 radical (unpaired) electrons. The van der Waals surface area contributed by atoms with Crippen LogP contribution in [0.2, 0.25) is 0 Å². The molecule has 3 nitrogen and oxygen atoms in total. The lowest BCUT2D eigenvalue weighted by Gasteiger charge is -2.28. The van der Waals surface area contributed by atoms with Crippen LogP contribution in [0.25, 0.3) is 0 Å². The van der Waals surface area contributed by atoms with Gasteiger partial charge in [0, 0.05) is 17.7 Å². The summed E-state index contributed by atoms with van der Waals surface area (Å²) >= 11 is 0. The molecule has 2 rings (SSSR count). The summed E-state index contributed by atoms with van der Waals surface area (Å²) in [7, 11) is 1.67. The number of hydrogen-bond donors (Lipinski definition) is 1. The van der Waals surface area contributed by atoms with Gasteiger partial charge in [0.25, 0.3) is 0 Å². The number of methoxy groups -OCH3 is 1. The number of ether oxygens (including phenoxy) is 1. The summed E-state index contributed by atoms with van der Waals surface area (Å²) in [6, 6.07) is 6.03. The van der Waals surface area contributed by atoms with Gasteiger partial charge in [-0.05, 0) is 37.9 Å². The van der Waals surface area contributed by atoms with Crippen LogP contribution in [0.1, 0.15) is 31.4 Å². The van der Waals surface area contributed by atoms with E-state index >= 15 is 0 Å². The van der Waals surface area contributed by atoms with Crippen molar-refractivity contribution in [3.63, 3.8) is 0 Å². The Morgan fingerprint density at radius 2 is 2.12 bits per heavy atom. The van der Waals surface area contributed by atoms with E-state index in [1.54, 1.807) is 7.11 Å². The summed E-state index contributed by atoms with van der Waals surface area (Å²) in [5.41, 5.74) is 1.16. The van der Waals surface area contributed by atoms with E-state index in [1.807, 2.05) is 12.1 Å². The second-order valence-electron chi connectivity index (χ2n) is 4.48. The van der Waals surface area contributed by atoms with Crippen molar-refractivity contribution in [1.82, 2.24) is 10.3 Å². The van der Waals surface area contributed by atoms with Crippen LogP contribution in [0.5, 0.6) is 5.88 Å². The molecule has 88 valence electrons. The number of aromatic nitrogens is 1. The number of pyridine rings is 1. The van der Waals surface area contributed by atoms with Gasteiger partial charge in [0.05, 0.1) is 7.11 Å². The highest BCUT2D eigenvalue weighted by Crippen LogP contribution is 2.30. The summed E-state index contributed by atoms with van der Waals surface area (Å²) in [5.74, 6) is 2.00. The van der Waals surface area contributed by atoms with Gasteiger partial charge in [-0.3, -0.25) is 0 Å². The van der Waals surface area contributed by atoms with Gasteiger partial charge in [0.2, 0.25) is 5.88 Å². The molecule has 1 atom stereocenters. The van der Waals surface area contributed by atoms with E-state index in [0.29, 0.717) is 5.92 Å². The summed E-state index contributed by atoms with van der Waals surface area (Å²) in [4.78, 5) is 4.52. The zero-order chi connectivity index (χ0) is 11.4. The molecule has 1 unspecified atom stereocenters. The third-order valence-electron chi connectivity index (χ3n) is 3.51. The zero-order valence-corrected chi connectivity index (χ0v) is 10.1. The Balaban J connectivity index is 2.09. The number of nitrogens with one attached hydrogen (secondary N) is 1. The summed E-state index contributed by atoms with van der Waals surface area (Å²) in [6.07, 6.45) is 2.50. The summed E-state index contributed by atoms with van der Waals surface area (Å²) in [6.45, 7) is 4.55. The highest BCUT2D eigenvalue weighted by molar-refractivity contribution is 5.18. The van der Waals surface area contributed by atoms with E-state index in [9.17, 15) is 0 Å². The van der Waals surface area contributed by atoms with Crippen LogP contribution in [-0.2, 0) is 0 Å². The molecule has 1 aromatic rings. The van der Waals surface area contributed by atoms with Crippen molar-refractivity contribution >= 4 is 0 Å². The van der Waals surface area contributed by atoms with E-state index in [0.717, 1.165) is 30.6 Å². The van der Waals surface area contributed by atoms with Crippen LogP contribution in [0.3, 0.4) is 0 Å². The lowest BCUT2D eigenvalue weighted by Crippen LogP contribution is -2.30. The van der Waals surface area contributed by atoms with E-state index in [2.05, 4.69) is 23.3 Å². The SMILES string of the molecule is COc1cccc(C(C)C2CCNCC2)n1. The van der Waals surface area contributed by atoms with Crippen LogP contribution in [0.15, 0.2) is 18.2 Å². The van der Waals surface area contributed by atoms with Crippen molar-refractivity contribution < 1.29 is 4.74 Å². The minimum atomic E-state index is 0.525. The Morgan fingerprint density at radius 3 is 2.81 bits per heavy atom. The predicted octanol–water partition coefficient (Wildman–Crippen LogP) is 2.19. The Hall–Kier alpha value is -1.09. The molecule has 0 aliphatic carbocycles. The predicted molar refractivity (Wildman–Crippen MR) is 64.8 cm³/mol. The highest BCUT2D eigenvalue weighted by Gasteiger charge is 2.22. The van der Waals surface area contributed by atoms with Gasteiger partial charge in [0.1, 0.15) is 0 Å². The van der Waals surface area contributed by atoms with Crippen molar-refractivity contribution in [3.8, 4) is 5.88 Å². The molecule has 1 aromatic heterocycles. The summed E-state index contributed by atoms with van der Waals surface area (Å²) < 4.78 is 5.17. The third kappa shape index (κ3) is 2.53. The number of hydrogen-bond acceptors (Lipinski definition) is 3. The van der Waals surface area contributed by atoms with Crippen molar-refractivity contribution in [2.75, 3.05) is 20.2 Å². The van der Waals surface area contributed by atoms with Gasteiger partial charge in [-0.15, -0.1) is 0 Å². The van der Waals surface area contributed by atoms with E-state index < -0.39 is 0 Å². The second kappa shape index (κ2) is 5.30. The molecule has 3 heteroatoms. The maximum absolute atomic E-state index is 5.17. The van der Waals surface area contributed by atoms with Gasteiger partial charge < -0.3 is 10.1 Å². The third-order valence-corrected chi connectivity index (χ3v) is 3.51. The minimum Gasteiger partial charge on any atom is -0.481 e. The maximum atomic E-state index is 5.17. The van der Waals surface area contributed by atoms with Crippen molar-refractivity contribution in [1.29, 1.82) is 0 Å². The van der Waals surface area contributed by atoms with E-state index in [1.165, 1.54) is 12.8 Å². The topological polar surface area (TPSA) is 34.1 Å². The maximum Gasteiger partial charge on any atom is 0.213 e. The van der Waals surface area contributed by atoms with Crippen molar-refractivity contribution in [3.05, 3.63) is 23.9 Å². The Bertz CT molecular complexity index is 334. The van der Waals surface area contributed by atoms with Gasteiger partial charge in [-0.1, -0.05) is 13.0 Å². The molecular formula is C13H20N2O. The first kappa shape index (κ1) is 11.4. The quantitative estimate of drug-likeness (QED) is 0.848. The fourth-order valence-corrected chi connectivity index (χ4v) is 2.38. The molecule has 0 spiro atoms. The molecule has 1 saturated heterocycles. The molecule has 0 amide bonds. The second-order valence-corrected chi connectivity index (χ2v) is 4.48. The molecule has 1 fully saturated rings. The average Bonchev–Trinajstić information content (AvgIpc) is 2.39. The van der Waals surface area contributed by atoms with Crippen LogP contribution in [0, 0.1) is 5.92 Å². The zero-order valence-electron chi connectivity index (χ0n) is 10.1. The molecule has 2 heterocycles. The molecule has 0 saturated carbocycles. The summed E-state index contributed by atoms with van der Waals surface area (Å²) in [5, 5.41) is 3.40. The highest BCUT2D eigenvalue weighted by atomic mass is 16.5. The minimum absolute atomic E-state index is 0.525. The molecule has 0 aromatic carbocycles. The first-order valence-electron chi connectivity index (χ1n) is 6.03. The lowest BCUT2D eigenvalue weighted by molar-refractivity contribution is 0.323. The standard InChI is InChI=1S/C13H20N2O/c1-10(11-6-8-14-9-7-11)12-4-3-5-13(15-12)16-2/h3-5,10-11,14H,6-9H2,1-2H3. The fraction of sp³-hybridized carbons (Fsp3) is 0.615. The molecule has 0 bridgehead atoms. The molecule has 1 aliphatic heterocycles. The van der Waals surface area contributed by atoms with Crippen LogP contribution < -0.4 is 10.1 Å². The Labute approximate surface area is 97.2 Å². The fourth-order valence-electron chi connectivity index (χ4n) is 2.38. The molecule has 1 N–H and O–H groups in total. The van der Waals surface area contributed by atoms with Crippen molar-refractivity contribution in [2.45, 2.75) is 25.7 Å². The Morgan fingerprint density at radius 1 is 1.38 bits per heavy atom. The molecule has 1 aliphatic rings. The molecular weight excluding hydrogens is 200 g/mol. The smallest absolute Gasteiger partial charge is 0.213 e. The van der Waals surface area contributed by atoms with Crippen LogP contribution >= 0.6 is 0 Å². The van der Waals surface area contributed by atoms with Gasteiger partial charge in [-0.25, -0.2) is 4.98 Å². The number of rotatable bonds is 3. The van der Waals surface area contributed by atoms with Crippen molar-refractivity contribution in [2.24, 2.45) is 5.92 Å². The first-order valence-corrected chi connectivity index (χ1v) is 6.03. The number of nitrogens with zero attached hydrogens (tertiary/aromatic N) is 1. The van der Waals surface area contributed by atoms with Gasteiger partial charge >= 0.3 is 0 Å². The van der Waals surface area contributed by atoms with Gasteiger partial charge in [0.15, 0.2) is 0 Å². The Kier molecular flexibility index (Phi) is 3.78. The van der Waals surface area contributed by atoms with Crippen LogP contribution in [-0.4, -0.2) is 25.2 Å². The lowest BCUT2D eigenvalue weighted by atomic mass is 9.84. The van der Waals surface area contributed by atoms with E-state index in [4.69, 9.17) is 4.74 Å². The number of piperidine rings is 1. The molecule has 16 heavy (non-hydrogen) atoms. The normalized spacial score (nSPS) is 19.4. The first-order chi connectivity index (χ1) is 7.81.